The molecule has 4 aromatic rings. The van der Waals surface area contributed by atoms with Crippen LogP contribution in [0.15, 0.2) is 58.8 Å². The quantitative estimate of drug-likeness (QED) is 0.270. The number of hydrogen-bond acceptors (Lipinski definition) is 7. The first-order valence-electron chi connectivity index (χ1n) is 12.4. The van der Waals surface area contributed by atoms with E-state index >= 15 is 0 Å². The molecule has 36 heavy (non-hydrogen) atoms. The Labute approximate surface area is 211 Å². The van der Waals surface area contributed by atoms with E-state index in [-0.39, 0.29) is 6.04 Å². The highest BCUT2D eigenvalue weighted by Crippen LogP contribution is 2.42. The molecular weight excluding hydrogens is 454 g/mol. The summed E-state index contributed by atoms with van der Waals surface area (Å²) in [5.41, 5.74) is 11.7. The van der Waals surface area contributed by atoms with Gasteiger partial charge in [-0.2, -0.15) is 0 Å². The Balaban J connectivity index is 1.84. The number of hydrogen-bond donors (Lipinski definition) is 3. The fourth-order valence-electron chi connectivity index (χ4n) is 5.43. The molecule has 1 aliphatic heterocycles. The summed E-state index contributed by atoms with van der Waals surface area (Å²) < 4.78 is 14.3. The summed E-state index contributed by atoms with van der Waals surface area (Å²) in [6.45, 7) is 6.76. The molecule has 1 aliphatic rings. The Morgan fingerprint density at radius 3 is 2.47 bits per heavy atom. The van der Waals surface area contributed by atoms with Crippen LogP contribution in [0, 0.1) is 5.92 Å². The third-order valence-electron chi connectivity index (χ3n) is 7.05. The molecule has 1 saturated heterocycles. The molecule has 0 bridgehead atoms. The molecule has 0 saturated carbocycles. The zero-order valence-corrected chi connectivity index (χ0v) is 21.4. The maximum absolute atomic E-state index is 10.7. The van der Waals surface area contributed by atoms with Crippen LogP contribution < -0.4 is 11.6 Å². The van der Waals surface area contributed by atoms with E-state index in [4.69, 9.17) is 25.7 Å². The summed E-state index contributed by atoms with van der Waals surface area (Å²) in [5, 5.41) is 12.3. The molecule has 1 fully saturated rings. The van der Waals surface area contributed by atoms with Crippen molar-refractivity contribution in [2.45, 2.75) is 45.3 Å². The van der Waals surface area contributed by atoms with E-state index < -0.39 is 5.60 Å². The van der Waals surface area contributed by atoms with Gasteiger partial charge in [0.15, 0.2) is 5.58 Å². The lowest BCUT2D eigenvalue weighted by Crippen LogP contribution is -2.27. The van der Waals surface area contributed by atoms with Gasteiger partial charge in [-0.05, 0) is 51.2 Å². The van der Waals surface area contributed by atoms with Crippen molar-refractivity contribution in [2.24, 2.45) is 17.5 Å². The van der Waals surface area contributed by atoms with Gasteiger partial charge in [0.05, 0.1) is 22.8 Å². The number of furan rings is 1. The molecule has 0 spiro atoms. The summed E-state index contributed by atoms with van der Waals surface area (Å²) in [6, 6.07) is 14.6. The summed E-state index contributed by atoms with van der Waals surface area (Å²) in [5.74, 6) is 7.00. The third kappa shape index (κ3) is 4.25. The molecular formula is C28H35N5O3. The first-order chi connectivity index (χ1) is 17.2. The number of allylic oxidation sites excluding steroid dienone is 1. The maximum Gasteiger partial charge on any atom is 0.178 e. The summed E-state index contributed by atoms with van der Waals surface area (Å²) >= 11 is 0. The first kappa shape index (κ1) is 24.4. The molecule has 0 radical (unpaired) electrons. The molecule has 1 unspecified atom stereocenters. The van der Waals surface area contributed by atoms with Crippen molar-refractivity contribution in [2.75, 3.05) is 20.3 Å². The van der Waals surface area contributed by atoms with Crippen LogP contribution in [0.25, 0.3) is 27.8 Å². The van der Waals surface area contributed by atoms with Gasteiger partial charge >= 0.3 is 0 Å². The average molecular weight is 490 g/mol. The van der Waals surface area contributed by atoms with Crippen molar-refractivity contribution < 1.29 is 14.3 Å². The summed E-state index contributed by atoms with van der Waals surface area (Å²) in [7, 11) is 1.77. The molecule has 5 N–H and O–H groups in total. The van der Waals surface area contributed by atoms with Gasteiger partial charge in [0.25, 0.3) is 0 Å². The molecule has 190 valence electrons. The molecule has 3 aromatic heterocycles. The lowest BCUT2D eigenvalue weighted by Gasteiger charge is -2.33. The van der Waals surface area contributed by atoms with E-state index in [0.29, 0.717) is 28.7 Å². The van der Waals surface area contributed by atoms with E-state index in [1.54, 1.807) is 27.1 Å². The summed E-state index contributed by atoms with van der Waals surface area (Å²) in [6.07, 6.45) is 3.67. The Kier molecular flexibility index (Phi) is 6.28. The molecule has 5 rings (SSSR count). The smallest absolute Gasteiger partial charge is 0.178 e. The van der Waals surface area contributed by atoms with E-state index in [1.165, 1.54) is 10.6 Å². The standard InChI is InChI=1S/C28H35N5O3/c1-17(29)25(32(4)30)20-14-21-24(31-16-20)27-22(15-23(36-27)28(2,3)34)33(21)26(18-8-6-5-7-9-18)19-10-12-35-13-11-19/h5-9,14-16,19,26,34H,10-13,29-30H2,1-4H3/b25-17-. The lowest BCUT2D eigenvalue weighted by atomic mass is 9.86. The van der Waals surface area contributed by atoms with Crippen LogP contribution >= 0.6 is 0 Å². The van der Waals surface area contributed by atoms with Gasteiger partial charge in [0, 0.05) is 43.8 Å². The maximum atomic E-state index is 10.7. The second kappa shape index (κ2) is 9.28. The van der Waals surface area contributed by atoms with Crippen molar-refractivity contribution in [3.63, 3.8) is 0 Å². The minimum absolute atomic E-state index is 0.0291. The number of nitrogens with two attached hydrogens (primary N) is 2. The fraction of sp³-hybridized carbons (Fsp3) is 0.393. The monoisotopic (exact) mass is 489 g/mol. The van der Waals surface area contributed by atoms with Crippen molar-refractivity contribution >= 4 is 27.8 Å². The molecule has 8 heteroatoms. The second-order valence-corrected chi connectivity index (χ2v) is 10.3. The molecule has 1 atom stereocenters. The van der Waals surface area contributed by atoms with Crippen LogP contribution in [0.3, 0.4) is 0 Å². The molecule has 4 heterocycles. The van der Waals surface area contributed by atoms with Crippen LogP contribution in [0.2, 0.25) is 0 Å². The molecule has 1 aromatic carbocycles. The number of pyridine rings is 1. The predicted octanol–water partition coefficient (Wildman–Crippen LogP) is 4.48. The molecule has 0 aliphatic carbocycles. The van der Waals surface area contributed by atoms with Crippen LogP contribution in [0.4, 0.5) is 0 Å². The normalized spacial score (nSPS) is 16.9. The van der Waals surface area contributed by atoms with Gasteiger partial charge < -0.3 is 29.6 Å². The van der Waals surface area contributed by atoms with Crippen LogP contribution in [-0.4, -0.2) is 39.9 Å². The number of hydrazine groups is 1. The number of fused-ring (bicyclic) bond motifs is 3. The van der Waals surface area contributed by atoms with Crippen molar-refractivity contribution in [3.8, 4) is 0 Å². The Morgan fingerprint density at radius 2 is 1.86 bits per heavy atom. The Hall–Kier alpha value is -3.33. The number of benzene rings is 1. The molecule has 8 nitrogen and oxygen atoms in total. The SMILES string of the molecule is C/C(N)=C(\c1cnc2c3oc(C(C)(C)O)cc3n(C(c3ccccc3)C3CCOCC3)c2c1)N(C)N. The third-order valence-corrected chi connectivity index (χ3v) is 7.05. The Morgan fingerprint density at radius 1 is 1.17 bits per heavy atom. The van der Waals surface area contributed by atoms with Gasteiger partial charge in [-0.1, -0.05) is 30.3 Å². The first-order valence-corrected chi connectivity index (χ1v) is 12.4. The van der Waals surface area contributed by atoms with Gasteiger partial charge in [-0.25, -0.2) is 10.8 Å². The minimum Gasteiger partial charge on any atom is -0.454 e. The number of rotatable bonds is 6. The second-order valence-electron chi connectivity index (χ2n) is 10.3. The fourth-order valence-corrected chi connectivity index (χ4v) is 5.43. The van der Waals surface area contributed by atoms with E-state index in [2.05, 4.69) is 34.9 Å². The average Bonchev–Trinajstić information content (AvgIpc) is 3.39. The van der Waals surface area contributed by atoms with Gasteiger partial charge in [0.1, 0.15) is 16.9 Å². The largest absolute Gasteiger partial charge is 0.454 e. The Bertz CT molecular complexity index is 1400. The van der Waals surface area contributed by atoms with Crippen molar-refractivity contribution in [3.05, 3.63) is 71.2 Å². The number of aliphatic hydroxyl groups is 1. The zero-order valence-electron chi connectivity index (χ0n) is 21.4. The van der Waals surface area contributed by atoms with Crippen LogP contribution in [-0.2, 0) is 10.3 Å². The van der Waals surface area contributed by atoms with Gasteiger partial charge in [-0.3, -0.25) is 0 Å². The van der Waals surface area contributed by atoms with Crippen molar-refractivity contribution in [1.29, 1.82) is 0 Å². The minimum atomic E-state index is -1.12. The van der Waals surface area contributed by atoms with E-state index in [9.17, 15) is 5.11 Å². The van der Waals surface area contributed by atoms with E-state index in [0.717, 1.165) is 48.2 Å². The summed E-state index contributed by atoms with van der Waals surface area (Å²) in [4.78, 5) is 4.84. The molecule has 0 amide bonds. The van der Waals surface area contributed by atoms with Crippen LogP contribution in [0.5, 0.6) is 0 Å². The zero-order chi connectivity index (χ0) is 25.6. The highest BCUT2D eigenvalue weighted by molar-refractivity contribution is 6.03. The highest BCUT2D eigenvalue weighted by atomic mass is 16.5. The van der Waals surface area contributed by atoms with Crippen LogP contribution in [0.1, 0.15) is 56.5 Å². The van der Waals surface area contributed by atoms with Gasteiger partial charge in [-0.15, -0.1) is 0 Å². The van der Waals surface area contributed by atoms with E-state index in [1.807, 2.05) is 19.1 Å². The predicted molar refractivity (Wildman–Crippen MR) is 142 cm³/mol. The highest BCUT2D eigenvalue weighted by Gasteiger charge is 2.33. The van der Waals surface area contributed by atoms with Gasteiger partial charge in [0.2, 0.25) is 0 Å². The lowest BCUT2D eigenvalue weighted by molar-refractivity contribution is 0.0552. The van der Waals surface area contributed by atoms with Crippen molar-refractivity contribution in [1.82, 2.24) is 14.6 Å². The topological polar surface area (TPSA) is 116 Å². The number of aromatic nitrogens is 2. The number of ether oxygens (including phenoxy) is 1. The number of nitrogens with zero attached hydrogens (tertiary/aromatic N) is 3.